The monoisotopic (exact) mass is 243 g/mol. The van der Waals surface area contributed by atoms with Crippen molar-refractivity contribution < 1.29 is 9.53 Å². The molecule has 0 spiro atoms. The first-order valence-corrected chi connectivity index (χ1v) is 5.48. The van der Waals surface area contributed by atoms with E-state index in [-0.39, 0.29) is 5.91 Å². The number of aromatic nitrogens is 2. The first kappa shape index (κ1) is 12.0. The lowest BCUT2D eigenvalue weighted by Gasteiger charge is -2.05. The van der Waals surface area contributed by atoms with Crippen LogP contribution in [0.15, 0.2) is 42.6 Å². The molecule has 0 radical (unpaired) electrons. The quantitative estimate of drug-likeness (QED) is 0.882. The summed E-state index contributed by atoms with van der Waals surface area (Å²) in [6, 6.07) is 10.8. The average Bonchev–Trinajstić information content (AvgIpc) is 2.46. The van der Waals surface area contributed by atoms with E-state index in [0.717, 1.165) is 11.3 Å². The summed E-state index contributed by atoms with van der Waals surface area (Å²) in [5.74, 6) is 0.554. The SMILES string of the molecule is COc1ccc(CNC(=O)c2cccnn2)cc1. The molecule has 18 heavy (non-hydrogen) atoms. The molecule has 0 saturated carbocycles. The predicted molar refractivity (Wildman–Crippen MR) is 66.2 cm³/mol. The largest absolute Gasteiger partial charge is 0.497 e. The van der Waals surface area contributed by atoms with Crippen molar-refractivity contribution in [3.8, 4) is 5.75 Å². The number of nitrogens with one attached hydrogen (secondary N) is 1. The molecule has 0 aliphatic carbocycles. The van der Waals surface area contributed by atoms with Gasteiger partial charge < -0.3 is 10.1 Å². The van der Waals surface area contributed by atoms with Crippen molar-refractivity contribution in [3.05, 3.63) is 53.9 Å². The van der Waals surface area contributed by atoms with Crippen LogP contribution < -0.4 is 10.1 Å². The average molecular weight is 243 g/mol. The minimum atomic E-state index is -0.237. The first-order valence-electron chi connectivity index (χ1n) is 5.48. The smallest absolute Gasteiger partial charge is 0.272 e. The van der Waals surface area contributed by atoms with Gasteiger partial charge in [-0.3, -0.25) is 4.79 Å². The molecule has 1 N–H and O–H groups in total. The molecule has 0 aliphatic rings. The summed E-state index contributed by atoms with van der Waals surface area (Å²) in [5, 5.41) is 10.2. The molecule has 0 atom stereocenters. The zero-order valence-electron chi connectivity index (χ0n) is 9.96. The van der Waals surface area contributed by atoms with Crippen molar-refractivity contribution in [3.63, 3.8) is 0 Å². The molecule has 0 fully saturated rings. The van der Waals surface area contributed by atoms with Gasteiger partial charge in [-0.2, -0.15) is 5.10 Å². The fraction of sp³-hybridized carbons (Fsp3) is 0.154. The van der Waals surface area contributed by atoms with Gasteiger partial charge in [0.1, 0.15) is 5.75 Å². The van der Waals surface area contributed by atoms with Crippen molar-refractivity contribution in [2.45, 2.75) is 6.54 Å². The van der Waals surface area contributed by atoms with E-state index in [9.17, 15) is 4.79 Å². The molecule has 1 aromatic heterocycles. The molecule has 1 heterocycles. The lowest BCUT2D eigenvalue weighted by atomic mass is 10.2. The highest BCUT2D eigenvalue weighted by Crippen LogP contribution is 2.10. The van der Waals surface area contributed by atoms with Crippen molar-refractivity contribution >= 4 is 5.91 Å². The van der Waals surface area contributed by atoms with E-state index >= 15 is 0 Å². The highest BCUT2D eigenvalue weighted by molar-refractivity contribution is 5.91. The summed E-state index contributed by atoms with van der Waals surface area (Å²) in [6.45, 7) is 0.444. The summed E-state index contributed by atoms with van der Waals surface area (Å²) < 4.78 is 5.06. The number of amides is 1. The summed E-state index contributed by atoms with van der Waals surface area (Å²) in [4.78, 5) is 11.7. The second-order valence-corrected chi connectivity index (χ2v) is 3.64. The van der Waals surface area contributed by atoms with Crippen molar-refractivity contribution in [2.24, 2.45) is 0 Å². The number of rotatable bonds is 4. The molecule has 0 bridgehead atoms. The predicted octanol–water partition coefficient (Wildman–Crippen LogP) is 1.42. The van der Waals surface area contributed by atoms with E-state index in [1.165, 1.54) is 6.20 Å². The molecule has 1 amide bonds. The van der Waals surface area contributed by atoms with E-state index in [1.54, 1.807) is 19.2 Å². The molecule has 0 aliphatic heterocycles. The van der Waals surface area contributed by atoms with Gasteiger partial charge in [0.15, 0.2) is 5.69 Å². The number of nitrogens with zero attached hydrogens (tertiary/aromatic N) is 2. The minimum absolute atomic E-state index is 0.237. The molecule has 2 rings (SSSR count). The van der Waals surface area contributed by atoms with Crippen molar-refractivity contribution in [1.29, 1.82) is 0 Å². The zero-order valence-corrected chi connectivity index (χ0v) is 9.96. The maximum Gasteiger partial charge on any atom is 0.272 e. The number of ether oxygens (including phenoxy) is 1. The Hall–Kier alpha value is -2.43. The molecular weight excluding hydrogens is 230 g/mol. The van der Waals surface area contributed by atoms with E-state index in [1.807, 2.05) is 24.3 Å². The minimum Gasteiger partial charge on any atom is -0.497 e. The Balaban J connectivity index is 1.93. The number of methoxy groups -OCH3 is 1. The van der Waals surface area contributed by atoms with Gasteiger partial charge in [0, 0.05) is 12.7 Å². The van der Waals surface area contributed by atoms with Gasteiger partial charge >= 0.3 is 0 Å². The van der Waals surface area contributed by atoms with Gasteiger partial charge in [0.2, 0.25) is 0 Å². The number of hydrogen-bond acceptors (Lipinski definition) is 4. The Morgan fingerprint density at radius 1 is 1.28 bits per heavy atom. The maximum atomic E-state index is 11.7. The van der Waals surface area contributed by atoms with Gasteiger partial charge in [0.25, 0.3) is 5.91 Å². The molecule has 0 unspecified atom stereocenters. The summed E-state index contributed by atoms with van der Waals surface area (Å²) >= 11 is 0. The second kappa shape index (κ2) is 5.77. The van der Waals surface area contributed by atoms with E-state index < -0.39 is 0 Å². The topological polar surface area (TPSA) is 64.1 Å². The van der Waals surface area contributed by atoms with Crippen LogP contribution in [0.2, 0.25) is 0 Å². The highest BCUT2D eigenvalue weighted by Gasteiger charge is 2.06. The molecule has 0 saturated heterocycles. The third-order valence-corrected chi connectivity index (χ3v) is 2.42. The lowest BCUT2D eigenvalue weighted by molar-refractivity contribution is 0.0945. The van der Waals surface area contributed by atoms with Gasteiger partial charge in [0.05, 0.1) is 7.11 Å². The van der Waals surface area contributed by atoms with Crippen molar-refractivity contribution in [1.82, 2.24) is 15.5 Å². The Labute approximate surface area is 105 Å². The second-order valence-electron chi connectivity index (χ2n) is 3.64. The third-order valence-electron chi connectivity index (χ3n) is 2.42. The summed E-state index contributed by atoms with van der Waals surface area (Å²) in [6.07, 6.45) is 1.53. The molecule has 5 heteroatoms. The number of benzene rings is 1. The Morgan fingerprint density at radius 2 is 2.06 bits per heavy atom. The van der Waals surface area contributed by atoms with Crippen LogP contribution in [-0.4, -0.2) is 23.2 Å². The van der Waals surface area contributed by atoms with Crippen LogP contribution in [0.1, 0.15) is 16.1 Å². The van der Waals surface area contributed by atoms with Gasteiger partial charge in [-0.15, -0.1) is 5.10 Å². The van der Waals surface area contributed by atoms with Gasteiger partial charge in [-0.25, -0.2) is 0 Å². The summed E-state index contributed by atoms with van der Waals surface area (Å²) in [5.41, 5.74) is 1.30. The van der Waals surface area contributed by atoms with Crippen LogP contribution in [0.25, 0.3) is 0 Å². The third kappa shape index (κ3) is 3.04. The molecule has 2 aromatic rings. The van der Waals surface area contributed by atoms with Crippen LogP contribution in [0.5, 0.6) is 5.75 Å². The van der Waals surface area contributed by atoms with Gasteiger partial charge in [-0.05, 0) is 29.8 Å². The standard InChI is InChI=1S/C13H13N3O2/c1-18-11-6-4-10(5-7-11)9-14-13(17)12-3-2-8-15-16-12/h2-8H,9H2,1H3,(H,14,17). The van der Waals surface area contributed by atoms with Crippen LogP contribution in [0.3, 0.4) is 0 Å². The zero-order chi connectivity index (χ0) is 12.8. The van der Waals surface area contributed by atoms with Gasteiger partial charge in [-0.1, -0.05) is 12.1 Å². The maximum absolute atomic E-state index is 11.7. The first-order chi connectivity index (χ1) is 8.79. The van der Waals surface area contributed by atoms with E-state index in [2.05, 4.69) is 15.5 Å². The molecule has 5 nitrogen and oxygen atoms in total. The van der Waals surface area contributed by atoms with Crippen LogP contribution in [0.4, 0.5) is 0 Å². The number of carbonyl (C=O) groups excluding carboxylic acids is 1. The van der Waals surface area contributed by atoms with Crippen LogP contribution >= 0.6 is 0 Å². The van der Waals surface area contributed by atoms with Crippen molar-refractivity contribution in [2.75, 3.05) is 7.11 Å². The normalized spacial score (nSPS) is 9.83. The Kier molecular flexibility index (Phi) is 3.86. The number of carbonyl (C=O) groups is 1. The van der Waals surface area contributed by atoms with Crippen LogP contribution in [-0.2, 0) is 6.54 Å². The Morgan fingerprint density at radius 3 is 2.67 bits per heavy atom. The van der Waals surface area contributed by atoms with E-state index in [0.29, 0.717) is 12.2 Å². The fourth-order valence-electron chi connectivity index (χ4n) is 1.44. The molecule has 92 valence electrons. The highest BCUT2D eigenvalue weighted by atomic mass is 16.5. The summed E-state index contributed by atoms with van der Waals surface area (Å²) in [7, 11) is 1.62. The van der Waals surface area contributed by atoms with E-state index in [4.69, 9.17) is 4.74 Å². The molecular formula is C13H13N3O2. The Bertz CT molecular complexity index is 512. The number of hydrogen-bond donors (Lipinski definition) is 1. The lowest BCUT2D eigenvalue weighted by Crippen LogP contribution is -2.23. The molecule has 1 aromatic carbocycles. The fourth-order valence-corrected chi connectivity index (χ4v) is 1.44. The van der Waals surface area contributed by atoms with Crippen LogP contribution in [0, 0.1) is 0 Å².